The Morgan fingerprint density at radius 1 is 1.55 bits per heavy atom. The number of nitro benzene ring substituents is 1. The Bertz CT molecular complexity index is 525. The van der Waals surface area contributed by atoms with E-state index in [1.807, 2.05) is 6.92 Å². The number of carbonyl (C=O) groups is 1. The molecule has 1 aromatic rings. The van der Waals surface area contributed by atoms with Crippen molar-refractivity contribution in [3.63, 3.8) is 0 Å². The minimum atomic E-state index is -0.791. The third-order valence-electron chi connectivity index (χ3n) is 2.55. The minimum absolute atomic E-state index is 0.0870. The van der Waals surface area contributed by atoms with Crippen molar-refractivity contribution >= 4 is 28.9 Å². The fraction of sp³-hybridized carbons (Fsp3) is 0.417. The monoisotopic (exact) mass is 303 g/mol. The maximum absolute atomic E-state index is 13.4. The molecule has 0 spiro atoms. The second-order valence-corrected chi connectivity index (χ2v) is 4.60. The SMILES string of the molecule is CCCNC(=O)C(C)Nc1cc(F)c(Cl)cc1[N+](=O)[O-]. The van der Waals surface area contributed by atoms with E-state index in [0.29, 0.717) is 6.54 Å². The zero-order chi connectivity index (χ0) is 15.3. The Kier molecular flexibility index (Phi) is 5.69. The van der Waals surface area contributed by atoms with E-state index in [-0.39, 0.29) is 22.3 Å². The highest BCUT2D eigenvalue weighted by molar-refractivity contribution is 6.31. The lowest BCUT2D eigenvalue weighted by Crippen LogP contribution is -2.38. The van der Waals surface area contributed by atoms with Crippen molar-refractivity contribution in [2.75, 3.05) is 11.9 Å². The molecule has 1 atom stereocenters. The van der Waals surface area contributed by atoms with E-state index >= 15 is 0 Å². The van der Waals surface area contributed by atoms with Gasteiger partial charge in [-0.2, -0.15) is 0 Å². The molecule has 0 fully saturated rings. The van der Waals surface area contributed by atoms with Gasteiger partial charge < -0.3 is 10.6 Å². The van der Waals surface area contributed by atoms with Crippen molar-refractivity contribution in [1.82, 2.24) is 5.32 Å². The van der Waals surface area contributed by atoms with Gasteiger partial charge in [0.05, 0.1) is 9.95 Å². The maximum Gasteiger partial charge on any atom is 0.294 e. The molecule has 1 amide bonds. The molecule has 1 rings (SSSR count). The molecule has 0 aliphatic carbocycles. The zero-order valence-corrected chi connectivity index (χ0v) is 11.8. The second kappa shape index (κ2) is 7.04. The van der Waals surface area contributed by atoms with Crippen molar-refractivity contribution in [1.29, 1.82) is 0 Å². The number of anilines is 1. The molecule has 0 aliphatic rings. The Labute approximate surface area is 120 Å². The first-order valence-corrected chi connectivity index (χ1v) is 6.42. The van der Waals surface area contributed by atoms with E-state index in [4.69, 9.17) is 11.6 Å². The average Bonchev–Trinajstić information content (AvgIpc) is 2.39. The lowest BCUT2D eigenvalue weighted by molar-refractivity contribution is -0.384. The number of halogens is 2. The second-order valence-electron chi connectivity index (χ2n) is 4.20. The molecule has 0 bridgehead atoms. The molecular formula is C12H15ClFN3O3. The van der Waals surface area contributed by atoms with Crippen LogP contribution < -0.4 is 10.6 Å². The molecule has 0 saturated carbocycles. The number of benzene rings is 1. The van der Waals surface area contributed by atoms with Crippen LogP contribution in [0.15, 0.2) is 12.1 Å². The van der Waals surface area contributed by atoms with Crippen molar-refractivity contribution in [2.45, 2.75) is 26.3 Å². The molecule has 0 aromatic heterocycles. The third-order valence-corrected chi connectivity index (χ3v) is 2.84. The topological polar surface area (TPSA) is 84.3 Å². The number of amides is 1. The first kappa shape index (κ1) is 16.2. The van der Waals surface area contributed by atoms with Crippen molar-refractivity contribution in [3.05, 3.63) is 33.1 Å². The summed E-state index contributed by atoms with van der Waals surface area (Å²) in [5.74, 6) is -1.11. The molecule has 0 aliphatic heterocycles. The van der Waals surface area contributed by atoms with Gasteiger partial charge in [-0.1, -0.05) is 18.5 Å². The maximum atomic E-state index is 13.4. The minimum Gasteiger partial charge on any atom is -0.368 e. The Balaban J connectivity index is 2.93. The van der Waals surface area contributed by atoms with Crippen molar-refractivity contribution in [3.8, 4) is 0 Å². The van der Waals surface area contributed by atoms with Gasteiger partial charge >= 0.3 is 0 Å². The van der Waals surface area contributed by atoms with Gasteiger partial charge in [0, 0.05) is 18.7 Å². The number of hydrogen-bond donors (Lipinski definition) is 2. The van der Waals surface area contributed by atoms with Gasteiger partial charge in [-0.05, 0) is 13.3 Å². The summed E-state index contributed by atoms with van der Waals surface area (Å²) in [4.78, 5) is 21.9. The smallest absolute Gasteiger partial charge is 0.294 e. The number of nitrogens with zero attached hydrogens (tertiary/aromatic N) is 1. The molecule has 0 radical (unpaired) electrons. The lowest BCUT2D eigenvalue weighted by atomic mass is 10.2. The van der Waals surface area contributed by atoms with Gasteiger partial charge in [0.2, 0.25) is 5.91 Å². The van der Waals surface area contributed by atoms with Gasteiger partial charge in [0.15, 0.2) is 0 Å². The van der Waals surface area contributed by atoms with Crippen LogP contribution in [0.1, 0.15) is 20.3 Å². The molecule has 2 N–H and O–H groups in total. The summed E-state index contributed by atoms with van der Waals surface area (Å²) in [5.41, 5.74) is -0.470. The summed E-state index contributed by atoms with van der Waals surface area (Å²) in [6, 6.07) is 1.08. The number of nitro groups is 1. The van der Waals surface area contributed by atoms with Gasteiger partial charge in [0.25, 0.3) is 5.69 Å². The normalized spacial score (nSPS) is 11.8. The molecule has 1 unspecified atom stereocenters. The molecule has 0 saturated heterocycles. The van der Waals surface area contributed by atoms with Crippen LogP contribution >= 0.6 is 11.6 Å². The van der Waals surface area contributed by atoms with E-state index in [1.54, 1.807) is 0 Å². The van der Waals surface area contributed by atoms with E-state index in [1.165, 1.54) is 6.92 Å². The predicted octanol–water partition coefficient (Wildman–Crippen LogP) is 2.71. The summed E-state index contributed by atoms with van der Waals surface area (Å²) in [7, 11) is 0. The van der Waals surface area contributed by atoms with E-state index < -0.39 is 16.8 Å². The summed E-state index contributed by atoms with van der Waals surface area (Å²) < 4.78 is 13.4. The first-order chi connectivity index (χ1) is 9.36. The Hall–Kier alpha value is -1.89. The number of hydrogen-bond acceptors (Lipinski definition) is 4. The van der Waals surface area contributed by atoms with E-state index in [0.717, 1.165) is 18.6 Å². The summed E-state index contributed by atoms with van der Waals surface area (Å²) >= 11 is 5.51. The van der Waals surface area contributed by atoms with Gasteiger partial charge in [0.1, 0.15) is 17.5 Å². The number of rotatable bonds is 6. The van der Waals surface area contributed by atoms with Crippen LogP contribution in [0.5, 0.6) is 0 Å². The van der Waals surface area contributed by atoms with E-state index in [2.05, 4.69) is 10.6 Å². The molecule has 110 valence electrons. The lowest BCUT2D eigenvalue weighted by Gasteiger charge is -2.15. The average molecular weight is 304 g/mol. The van der Waals surface area contributed by atoms with Crippen LogP contribution in [0.2, 0.25) is 5.02 Å². The molecule has 1 aromatic carbocycles. The third kappa shape index (κ3) is 4.06. The van der Waals surface area contributed by atoms with Crippen molar-refractivity contribution in [2.24, 2.45) is 0 Å². The van der Waals surface area contributed by atoms with Crippen LogP contribution in [0.3, 0.4) is 0 Å². The number of carbonyl (C=O) groups excluding carboxylic acids is 1. The summed E-state index contributed by atoms with van der Waals surface area (Å²) in [6.45, 7) is 3.93. The van der Waals surface area contributed by atoms with Crippen LogP contribution in [0, 0.1) is 15.9 Å². The van der Waals surface area contributed by atoms with E-state index in [9.17, 15) is 19.3 Å². The highest BCUT2D eigenvalue weighted by Gasteiger charge is 2.21. The Morgan fingerprint density at radius 3 is 2.75 bits per heavy atom. The molecule has 0 heterocycles. The first-order valence-electron chi connectivity index (χ1n) is 6.04. The zero-order valence-electron chi connectivity index (χ0n) is 11.1. The van der Waals surface area contributed by atoms with Gasteiger partial charge in [-0.25, -0.2) is 4.39 Å². The highest BCUT2D eigenvalue weighted by Crippen LogP contribution is 2.30. The predicted molar refractivity (Wildman–Crippen MR) is 74.4 cm³/mol. The van der Waals surface area contributed by atoms with Crippen LogP contribution in [0.4, 0.5) is 15.8 Å². The fourth-order valence-electron chi connectivity index (χ4n) is 1.50. The largest absolute Gasteiger partial charge is 0.368 e. The van der Waals surface area contributed by atoms with Crippen LogP contribution in [0.25, 0.3) is 0 Å². The molecule has 6 nitrogen and oxygen atoms in total. The van der Waals surface area contributed by atoms with Crippen LogP contribution in [-0.2, 0) is 4.79 Å². The van der Waals surface area contributed by atoms with Gasteiger partial charge in [-0.3, -0.25) is 14.9 Å². The molecular weight excluding hydrogens is 289 g/mol. The van der Waals surface area contributed by atoms with Gasteiger partial charge in [-0.15, -0.1) is 0 Å². The quantitative estimate of drug-likeness (QED) is 0.625. The molecule has 8 heteroatoms. The number of nitrogens with one attached hydrogen (secondary N) is 2. The standard InChI is InChI=1S/C12H15ClFN3O3/c1-3-4-15-12(18)7(2)16-10-6-9(14)8(13)5-11(10)17(19)20/h5-7,16H,3-4H2,1-2H3,(H,15,18). The highest BCUT2D eigenvalue weighted by atomic mass is 35.5. The fourth-order valence-corrected chi connectivity index (χ4v) is 1.66. The summed E-state index contributed by atoms with van der Waals surface area (Å²) in [6.07, 6.45) is 0.772. The van der Waals surface area contributed by atoms with Crippen molar-refractivity contribution < 1.29 is 14.1 Å². The Morgan fingerprint density at radius 2 is 2.20 bits per heavy atom. The van der Waals surface area contributed by atoms with Crippen LogP contribution in [-0.4, -0.2) is 23.4 Å². The molecule has 20 heavy (non-hydrogen) atoms. The summed E-state index contributed by atoms with van der Waals surface area (Å²) in [5, 5.41) is 15.8.